The zero-order valence-corrected chi connectivity index (χ0v) is 15.0. The van der Waals surface area contributed by atoms with E-state index in [0.29, 0.717) is 6.54 Å². The number of aryl methyl sites for hydroxylation is 1. The Morgan fingerprint density at radius 3 is 2.67 bits per heavy atom. The number of rotatable bonds is 6. The van der Waals surface area contributed by atoms with Gasteiger partial charge in [0.25, 0.3) is 0 Å². The molecule has 5 heteroatoms. The molecule has 0 spiro atoms. The predicted octanol–water partition coefficient (Wildman–Crippen LogP) is 1.72. The maximum absolute atomic E-state index is 12.2. The van der Waals surface area contributed by atoms with Gasteiger partial charge in [-0.05, 0) is 45.7 Å². The molecule has 1 aliphatic heterocycles. The summed E-state index contributed by atoms with van der Waals surface area (Å²) in [6.07, 6.45) is 2.18. The molecule has 1 unspecified atom stereocenters. The number of nitrogens with zero attached hydrogens (tertiary/aromatic N) is 1. The molecule has 1 saturated heterocycles. The van der Waals surface area contributed by atoms with Crippen molar-refractivity contribution in [3.05, 3.63) is 35.9 Å². The van der Waals surface area contributed by atoms with Gasteiger partial charge in [-0.3, -0.25) is 14.5 Å². The van der Waals surface area contributed by atoms with Crippen LogP contribution in [0.25, 0.3) is 0 Å². The standard InChI is InChI=1S/C19H29N3O2/c1-19(2,3)21-17(23)14-16-18(24)20-11-13-22(16)12-7-10-15-8-5-4-6-9-15/h4-6,8-9,16H,7,10-14H2,1-3H3,(H,20,24)(H,21,23). The zero-order chi connectivity index (χ0) is 17.6. The van der Waals surface area contributed by atoms with Gasteiger partial charge < -0.3 is 10.6 Å². The number of carbonyl (C=O) groups is 2. The molecular formula is C19H29N3O2. The molecule has 2 rings (SSSR count). The van der Waals surface area contributed by atoms with Crippen molar-refractivity contribution in [3.8, 4) is 0 Å². The van der Waals surface area contributed by atoms with Crippen LogP contribution >= 0.6 is 0 Å². The number of nitrogens with one attached hydrogen (secondary N) is 2. The van der Waals surface area contributed by atoms with Crippen LogP contribution in [-0.4, -0.2) is 47.9 Å². The summed E-state index contributed by atoms with van der Waals surface area (Å²) in [6.45, 7) is 8.13. The Bertz CT molecular complexity index is 551. The Morgan fingerprint density at radius 1 is 1.29 bits per heavy atom. The molecule has 1 aliphatic rings. The second-order valence-electron chi connectivity index (χ2n) is 7.43. The first-order valence-corrected chi connectivity index (χ1v) is 8.72. The van der Waals surface area contributed by atoms with Crippen LogP contribution in [0, 0.1) is 0 Å². The third kappa shape index (κ3) is 5.96. The van der Waals surface area contributed by atoms with Crippen LogP contribution < -0.4 is 10.6 Å². The van der Waals surface area contributed by atoms with E-state index in [-0.39, 0.29) is 29.8 Å². The van der Waals surface area contributed by atoms with Gasteiger partial charge in [-0.2, -0.15) is 0 Å². The zero-order valence-electron chi connectivity index (χ0n) is 15.0. The summed E-state index contributed by atoms with van der Waals surface area (Å²) in [6, 6.07) is 9.99. The van der Waals surface area contributed by atoms with Crippen molar-refractivity contribution in [1.82, 2.24) is 15.5 Å². The second kappa shape index (κ2) is 8.29. The molecule has 0 radical (unpaired) electrons. The Hall–Kier alpha value is -1.88. The minimum atomic E-state index is -0.364. The van der Waals surface area contributed by atoms with Crippen molar-refractivity contribution in [2.75, 3.05) is 19.6 Å². The largest absolute Gasteiger partial charge is 0.353 e. The van der Waals surface area contributed by atoms with E-state index in [0.717, 1.165) is 25.9 Å². The molecule has 2 amide bonds. The number of benzene rings is 1. The smallest absolute Gasteiger partial charge is 0.237 e. The van der Waals surface area contributed by atoms with E-state index in [9.17, 15) is 9.59 Å². The highest BCUT2D eigenvalue weighted by Crippen LogP contribution is 2.12. The van der Waals surface area contributed by atoms with Crippen LogP contribution in [0.15, 0.2) is 30.3 Å². The topological polar surface area (TPSA) is 61.4 Å². The van der Waals surface area contributed by atoms with E-state index in [2.05, 4.69) is 27.7 Å². The highest BCUT2D eigenvalue weighted by atomic mass is 16.2. The SMILES string of the molecule is CC(C)(C)NC(=O)CC1C(=O)NCCN1CCCc1ccccc1. The molecule has 132 valence electrons. The van der Waals surface area contributed by atoms with Crippen molar-refractivity contribution in [2.24, 2.45) is 0 Å². The van der Waals surface area contributed by atoms with E-state index in [1.807, 2.05) is 39.0 Å². The summed E-state index contributed by atoms with van der Waals surface area (Å²) in [4.78, 5) is 26.5. The third-order valence-electron chi connectivity index (χ3n) is 4.09. The molecule has 1 aromatic carbocycles. The van der Waals surface area contributed by atoms with Gasteiger partial charge in [-0.15, -0.1) is 0 Å². The lowest BCUT2D eigenvalue weighted by Gasteiger charge is -2.35. The highest BCUT2D eigenvalue weighted by Gasteiger charge is 2.31. The van der Waals surface area contributed by atoms with Crippen molar-refractivity contribution in [2.45, 2.75) is 51.6 Å². The molecule has 0 aromatic heterocycles. The first-order valence-electron chi connectivity index (χ1n) is 8.72. The Morgan fingerprint density at radius 2 is 2.00 bits per heavy atom. The van der Waals surface area contributed by atoms with E-state index < -0.39 is 0 Å². The fourth-order valence-electron chi connectivity index (χ4n) is 3.03. The molecule has 0 saturated carbocycles. The lowest BCUT2D eigenvalue weighted by Crippen LogP contribution is -2.57. The first-order chi connectivity index (χ1) is 11.3. The molecule has 0 bridgehead atoms. The summed E-state index contributed by atoms with van der Waals surface area (Å²) >= 11 is 0. The number of hydrogen-bond acceptors (Lipinski definition) is 3. The number of amides is 2. The van der Waals surface area contributed by atoms with Gasteiger partial charge in [0.15, 0.2) is 0 Å². The second-order valence-corrected chi connectivity index (χ2v) is 7.43. The summed E-state index contributed by atoms with van der Waals surface area (Å²) in [5.41, 5.74) is 1.03. The molecule has 1 fully saturated rings. The van der Waals surface area contributed by atoms with Crippen LogP contribution in [-0.2, 0) is 16.0 Å². The third-order valence-corrected chi connectivity index (χ3v) is 4.09. The number of piperazine rings is 1. The van der Waals surface area contributed by atoms with Crippen molar-refractivity contribution in [3.63, 3.8) is 0 Å². The number of hydrogen-bond donors (Lipinski definition) is 2. The first kappa shape index (κ1) is 18.5. The van der Waals surface area contributed by atoms with Crippen LogP contribution in [0.1, 0.15) is 39.2 Å². The summed E-state index contributed by atoms with van der Waals surface area (Å²) in [5, 5.41) is 5.82. The quantitative estimate of drug-likeness (QED) is 0.834. The monoisotopic (exact) mass is 331 g/mol. The normalized spacial score (nSPS) is 19.0. The van der Waals surface area contributed by atoms with Crippen molar-refractivity contribution >= 4 is 11.8 Å². The molecule has 1 aromatic rings. The molecule has 24 heavy (non-hydrogen) atoms. The average Bonchev–Trinajstić information content (AvgIpc) is 2.50. The van der Waals surface area contributed by atoms with Crippen LogP contribution in [0.5, 0.6) is 0 Å². The van der Waals surface area contributed by atoms with E-state index in [4.69, 9.17) is 0 Å². The lowest BCUT2D eigenvalue weighted by molar-refractivity contribution is -0.134. The Kier molecular flexibility index (Phi) is 6.37. The van der Waals surface area contributed by atoms with Gasteiger partial charge in [0, 0.05) is 18.6 Å². The minimum absolute atomic E-state index is 0.0370. The molecule has 5 nitrogen and oxygen atoms in total. The Labute approximate surface area is 144 Å². The summed E-state index contributed by atoms with van der Waals surface area (Å²) in [5.74, 6) is -0.109. The lowest BCUT2D eigenvalue weighted by atomic mass is 10.0. The van der Waals surface area contributed by atoms with Gasteiger partial charge in [0.05, 0.1) is 12.5 Å². The van der Waals surface area contributed by atoms with E-state index in [1.165, 1.54) is 5.56 Å². The van der Waals surface area contributed by atoms with E-state index in [1.54, 1.807) is 0 Å². The molecule has 2 N–H and O–H groups in total. The van der Waals surface area contributed by atoms with Crippen LogP contribution in [0.2, 0.25) is 0 Å². The summed E-state index contributed by atoms with van der Waals surface area (Å²) in [7, 11) is 0. The highest BCUT2D eigenvalue weighted by molar-refractivity contribution is 5.89. The molecular weight excluding hydrogens is 302 g/mol. The maximum atomic E-state index is 12.2. The van der Waals surface area contributed by atoms with Crippen molar-refractivity contribution in [1.29, 1.82) is 0 Å². The van der Waals surface area contributed by atoms with Crippen molar-refractivity contribution < 1.29 is 9.59 Å². The number of carbonyl (C=O) groups excluding carboxylic acids is 2. The molecule has 0 aliphatic carbocycles. The van der Waals surface area contributed by atoms with Crippen LogP contribution in [0.4, 0.5) is 0 Å². The Balaban J connectivity index is 1.88. The fourth-order valence-corrected chi connectivity index (χ4v) is 3.03. The average molecular weight is 331 g/mol. The van der Waals surface area contributed by atoms with Gasteiger partial charge in [0.2, 0.25) is 11.8 Å². The van der Waals surface area contributed by atoms with Gasteiger partial charge >= 0.3 is 0 Å². The van der Waals surface area contributed by atoms with Gasteiger partial charge in [0.1, 0.15) is 0 Å². The maximum Gasteiger partial charge on any atom is 0.237 e. The fraction of sp³-hybridized carbons (Fsp3) is 0.579. The predicted molar refractivity (Wildman–Crippen MR) is 95.6 cm³/mol. The minimum Gasteiger partial charge on any atom is -0.353 e. The van der Waals surface area contributed by atoms with Gasteiger partial charge in [-0.25, -0.2) is 0 Å². The van der Waals surface area contributed by atoms with Gasteiger partial charge in [-0.1, -0.05) is 30.3 Å². The molecule has 1 atom stereocenters. The molecule has 1 heterocycles. The van der Waals surface area contributed by atoms with Crippen LogP contribution in [0.3, 0.4) is 0 Å². The summed E-state index contributed by atoms with van der Waals surface area (Å²) < 4.78 is 0. The van der Waals surface area contributed by atoms with E-state index >= 15 is 0 Å².